The van der Waals surface area contributed by atoms with E-state index in [0.29, 0.717) is 16.9 Å². The van der Waals surface area contributed by atoms with Crippen LogP contribution in [0.15, 0.2) is 36.4 Å². The maximum Gasteiger partial charge on any atom is 0.342 e. The Labute approximate surface area is 158 Å². The molecular formula is C18H16N2O8. The van der Waals surface area contributed by atoms with E-state index >= 15 is 0 Å². The smallest absolute Gasteiger partial charge is 0.342 e. The molecule has 2 N–H and O–H groups in total. The van der Waals surface area contributed by atoms with E-state index in [1.165, 1.54) is 24.3 Å². The number of rotatable bonds is 7. The molecule has 28 heavy (non-hydrogen) atoms. The number of para-hydroxylation sites is 1. The fraction of sp³-hybridized carbons (Fsp3) is 0.222. The molecule has 1 amide bonds. The van der Waals surface area contributed by atoms with Crippen molar-refractivity contribution in [2.75, 3.05) is 13.4 Å². The highest BCUT2D eigenvalue weighted by molar-refractivity contribution is 5.92. The third-order valence-corrected chi connectivity index (χ3v) is 3.82. The van der Waals surface area contributed by atoms with Crippen LogP contribution in [0.5, 0.6) is 11.5 Å². The van der Waals surface area contributed by atoms with Gasteiger partial charge in [-0.15, -0.1) is 0 Å². The van der Waals surface area contributed by atoms with Crippen molar-refractivity contribution in [1.82, 2.24) is 0 Å². The minimum Gasteiger partial charge on any atom is -0.483 e. The fourth-order valence-electron chi connectivity index (χ4n) is 2.62. The topological polar surface area (TPSA) is 140 Å². The molecule has 0 saturated carbocycles. The van der Waals surface area contributed by atoms with Crippen LogP contribution in [0.2, 0.25) is 0 Å². The van der Waals surface area contributed by atoms with Crippen LogP contribution >= 0.6 is 0 Å². The minimum absolute atomic E-state index is 0.00442. The van der Waals surface area contributed by atoms with Crippen LogP contribution in [0, 0.1) is 10.1 Å². The maximum atomic E-state index is 12.5. The zero-order chi connectivity index (χ0) is 20.1. The van der Waals surface area contributed by atoms with Crippen molar-refractivity contribution in [2.24, 2.45) is 5.73 Å². The number of carbonyl (C=O) groups excluding carboxylic acids is 2. The van der Waals surface area contributed by atoms with Gasteiger partial charge in [0.15, 0.2) is 13.4 Å². The molecule has 0 fully saturated rings. The molecule has 3 rings (SSSR count). The highest BCUT2D eigenvalue weighted by atomic mass is 16.7. The number of hydrogen-bond donors (Lipinski definition) is 1. The van der Waals surface area contributed by atoms with E-state index in [0.717, 1.165) is 0 Å². The normalized spacial score (nSPS) is 12.4. The molecule has 0 aliphatic carbocycles. The Morgan fingerprint density at radius 2 is 2.04 bits per heavy atom. The molecule has 1 aliphatic rings. The van der Waals surface area contributed by atoms with E-state index in [4.69, 9.17) is 24.7 Å². The number of hydrogen-bond acceptors (Lipinski definition) is 8. The number of nitro groups is 1. The van der Waals surface area contributed by atoms with Crippen LogP contribution < -0.4 is 15.2 Å². The Bertz CT molecular complexity index is 928. The lowest BCUT2D eigenvalue weighted by Crippen LogP contribution is -2.21. The van der Waals surface area contributed by atoms with Gasteiger partial charge >= 0.3 is 5.97 Å². The lowest BCUT2D eigenvalue weighted by molar-refractivity contribution is -0.385. The van der Waals surface area contributed by atoms with E-state index in [1.807, 2.05) is 0 Å². The Balaban J connectivity index is 1.79. The van der Waals surface area contributed by atoms with Gasteiger partial charge in [-0.05, 0) is 12.1 Å². The molecule has 1 heterocycles. The van der Waals surface area contributed by atoms with Gasteiger partial charge in [-0.3, -0.25) is 14.9 Å². The number of non-ortho nitro benzene ring substituents is 1. The molecule has 2 aromatic rings. The summed E-state index contributed by atoms with van der Waals surface area (Å²) in [6, 6.07) is 8.82. The molecule has 10 heteroatoms. The first-order valence-electron chi connectivity index (χ1n) is 8.13. The summed E-state index contributed by atoms with van der Waals surface area (Å²) >= 11 is 0. The summed E-state index contributed by atoms with van der Waals surface area (Å²) in [7, 11) is 0. The summed E-state index contributed by atoms with van der Waals surface area (Å²) in [5.74, 6) is -0.891. The molecule has 2 aromatic carbocycles. The van der Waals surface area contributed by atoms with Crippen LogP contribution in [0.3, 0.4) is 0 Å². The number of amides is 1. The SMILES string of the molecule is NC(=O)COc1ccccc1C(=O)OCc1cc([N+](=O)[O-])cc2c1OCOC2. The number of fused-ring (bicyclic) bond motifs is 1. The first kappa shape index (κ1) is 19.1. The van der Waals surface area contributed by atoms with Gasteiger partial charge < -0.3 is 24.7 Å². The molecule has 0 spiro atoms. The molecule has 0 saturated heterocycles. The number of nitro benzene ring substituents is 1. The number of nitrogens with two attached hydrogens (primary N) is 1. The van der Waals surface area contributed by atoms with E-state index in [1.54, 1.807) is 12.1 Å². The van der Waals surface area contributed by atoms with Gasteiger partial charge in [-0.25, -0.2) is 4.79 Å². The van der Waals surface area contributed by atoms with Gasteiger partial charge in [0.1, 0.15) is 23.7 Å². The number of carbonyl (C=O) groups is 2. The summed E-state index contributed by atoms with van der Waals surface area (Å²) in [6.07, 6.45) is 0. The van der Waals surface area contributed by atoms with Crippen LogP contribution in [0.1, 0.15) is 21.5 Å². The zero-order valence-corrected chi connectivity index (χ0v) is 14.6. The molecule has 0 bridgehead atoms. The van der Waals surface area contributed by atoms with Crippen molar-refractivity contribution in [3.05, 3.63) is 63.2 Å². The van der Waals surface area contributed by atoms with Gasteiger partial charge in [0.2, 0.25) is 0 Å². The predicted molar refractivity (Wildman–Crippen MR) is 93.6 cm³/mol. The molecule has 0 atom stereocenters. The second-order valence-electron chi connectivity index (χ2n) is 5.79. The van der Waals surface area contributed by atoms with Crippen LogP contribution in [0.4, 0.5) is 5.69 Å². The van der Waals surface area contributed by atoms with Gasteiger partial charge in [-0.1, -0.05) is 12.1 Å². The van der Waals surface area contributed by atoms with Gasteiger partial charge in [0.25, 0.3) is 11.6 Å². The lowest BCUT2D eigenvalue weighted by atomic mass is 10.1. The summed E-state index contributed by atoms with van der Waals surface area (Å²) in [5.41, 5.74) is 5.81. The van der Waals surface area contributed by atoms with Crippen molar-refractivity contribution in [2.45, 2.75) is 13.2 Å². The summed E-state index contributed by atoms with van der Waals surface area (Å²) in [6.45, 7) is -0.499. The maximum absolute atomic E-state index is 12.5. The molecule has 0 unspecified atom stereocenters. The number of benzene rings is 2. The molecule has 0 radical (unpaired) electrons. The first-order chi connectivity index (χ1) is 13.5. The summed E-state index contributed by atoms with van der Waals surface area (Å²) in [4.78, 5) is 33.9. The van der Waals surface area contributed by atoms with Gasteiger partial charge in [-0.2, -0.15) is 0 Å². The number of esters is 1. The Hall–Kier alpha value is -3.66. The quantitative estimate of drug-likeness (QED) is 0.429. The third kappa shape index (κ3) is 4.35. The average Bonchev–Trinajstić information content (AvgIpc) is 2.70. The van der Waals surface area contributed by atoms with E-state index in [2.05, 4.69) is 0 Å². The third-order valence-electron chi connectivity index (χ3n) is 3.82. The first-order valence-corrected chi connectivity index (χ1v) is 8.13. The fourth-order valence-corrected chi connectivity index (χ4v) is 2.62. The predicted octanol–water partition coefficient (Wildman–Crippen LogP) is 1.68. The monoisotopic (exact) mass is 388 g/mol. The average molecular weight is 388 g/mol. The lowest BCUT2D eigenvalue weighted by Gasteiger charge is -2.20. The molecule has 10 nitrogen and oxygen atoms in total. The Kier molecular flexibility index (Phi) is 5.70. The highest BCUT2D eigenvalue weighted by Gasteiger charge is 2.22. The molecule has 1 aliphatic heterocycles. The second-order valence-corrected chi connectivity index (χ2v) is 5.79. The highest BCUT2D eigenvalue weighted by Crippen LogP contribution is 2.33. The Morgan fingerprint density at radius 1 is 1.25 bits per heavy atom. The van der Waals surface area contributed by atoms with E-state index < -0.39 is 23.4 Å². The van der Waals surface area contributed by atoms with Gasteiger partial charge in [0, 0.05) is 23.3 Å². The molecular weight excluding hydrogens is 372 g/mol. The van der Waals surface area contributed by atoms with Crippen molar-refractivity contribution in [3.8, 4) is 11.5 Å². The zero-order valence-electron chi connectivity index (χ0n) is 14.6. The molecule has 0 aromatic heterocycles. The summed E-state index contributed by atoms with van der Waals surface area (Å²) < 4.78 is 21.0. The van der Waals surface area contributed by atoms with Gasteiger partial charge in [0.05, 0.1) is 11.5 Å². The van der Waals surface area contributed by atoms with Crippen LogP contribution in [-0.4, -0.2) is 30.2 Å². The second kappa shape index (κ2) is 8.35. The van der Waals surface area contributed by atoms with Crippen molar-refractivity contribution >= 4 is 17.6 Å². The van der Waals surface area contributed by atoms with E-state index in [-0.39, 0.29) is 37.0 Å². The minimum atomic E-state index is -0.729. The number of primary amides is 1. The van der Waals surface area contributed by atoms with E-state index in [9.17, 15) is 19.7 Å². The van der Waals surface area contributed by atoms with Crippen LogP contribution in [-0.2, 0) is 27.5 Å². The van der Waals surface area contributed by atoms with Crippen molar-refractivity contribution in [1.29, 1.82) is 0 Å². The van der Waals surface area contributed by atoms with Crippen molar-refractivity contribution in [3.63, 3.8) is 0 Å². The van der Waals surface area contributed by atoms with Crippen molar-refractivity contribution < 1.29 is 33.5 Å². The summed E-state index contributed by atoms with van der Waals surface area (Å²) in [5, 5.41) is 11.1. The molecule has 146 valence electrons. The standard InChI is InChI=1S/C18H16N2O8/c19-16(21)9-26-15-4-2-1-3-14(15)18(22)27-8-12-6-13(20(23)24)5-11-7-25-10-28-17(11)12/h1-6H,7-10H2,(H2,19,21). The number of nitrogens with zero attached hydrogens (tertiary/aromatic N) is 1. The van der Waals surface area contributed by atoms with Crippen LogP contribution in [0.25, 0.3) is 0 Å². The number of ether oxygens (including phenoxy) is 4. The largest absolute Gasteiger partial charge is 0.483 e. The Morgan fingerprint density at radius 3 is 2.79 bits per heavy atom.